The molecule has 1 aromatic heterocycles. The fourth-order valence-corrected chi connectivity index (χ4v) is 3.08. The molecule has 0 saturated carbocycles. The molecule has 2 atom stereocenters. The molecule has 2 rings (SSSR count). The van der Waals surface area contributed by atoms with Crippen LogP contribution in [0.1, 0.15) is 36.1 Å². The van der Waals surface area contributed by atoms with Crippen LogP contribution in [0.25, 0.3) is 0 Å². The Bertz CT molecular complexity index is 569. The molecule has 5 heteroatoms. The van der Waals surface area contributed by atoms with Crippen LogP contribution in [0.2, 0.25) is 0 Å². The van der Waals surface area contributed by atoms with Gasteiger partial charge >= 0.3 is 0 Å². The monoisotopic (exact) mass is 443 g/mol. The molecule has 1 aromatic carbocycles. The minimum absolute atomic E-state index is 0. The Labute approximate surface area is 160 Å². The molecule has 0 aliphatic carbocycles. The van der Waals surface area contributed by atoms with Crippen molar-refractivity contribution in [2.45, 2.75) is 25.7 Å². The normalized spacial score (nSPS) is 13.8. The van der Waals surface area contributed by atoms with Crippen LogP contribution in [0.3, 0.4) is 0 Å². The molecule has 0 spiro atoms. The second-order valence-corrected chi connectivity index (χ2v) is 6.54. The van der Waals surface area contributed by atoms with E-state index in [2.05, 4.69) is 77.3 Å². The number of nitrogens with zero attached hydrogens (tertiary/aromatic N) is 1. The van der Waals surface area contributed by atoms with Crippen molar-refractivity contribution in [1.29, 1.82) is 0 Å². The van der Waals surface area contributed by atoms with Gasteiger partial charge in [-0.1, -0.05) is 50.2 Å². The van der Waals surface area contributed by atoms with E-state index in [1.165, 1.54) is 10.4 Å². The Kier molecular flexibility index (Phi) is 9.24. The van der Waals surface area contributed by atoms with E-state index < -0.39 is 0 Å². The molecule has 0 bridgehead atoms. The van der Waals surface area contributed by atoms with Crippen molar-refractivity contribution < 1.29 is 0 Å². The third-order valence-corrected chi connectivity index (χ3v) is 4.88. The molecule has 2 aromatic rings. The van der Waals surface area contributed by atoms with Crippen LogP contribution in [0.4, 0.5) is 0 Å². The highest BCUT2D eigenvalue weighted by atomic mass is 127. The fourth-order valence-electron chi connectivity index (χ4n) is 2.29. The van der Waals surface area contributed by atoms with Crippen molar-refractivity contribution in [2.75, 3.05) is 20.1 Å². The Balaban J connectivity index is 0.00000264. The second kappa shape index (κ2) is 10.6. The van der Waals surface area contributed by atoms with Crippen LogP contribution in [0, 0.1) is 0 Å². The summed E-state index contributed by atoms with van der Waals surface area (Å²) in [4.78, 5) is 5.71. The summed E-state index contributed by atoms with van der Waals surface area (Å²) in [5.41, 5.74) is 1.34. The van der Waals surface area contributed by atoms with Crippen molar-refractivity contribution in [3.8, 4) is 0 Å². The highest BCUT2D eigenvalue weighted by Crippen LogP contribution is 2.19. The molecule has 3 nitrogen and oxygen atoms in total. The summed E-state index contributed by atoms with van der Waals surface area (Å²) in [6.45, 7) is 6.22. The van der Waals surface area contributed by atoms with Crippen molar-refractivity contribution >= 4 is 41.3 Å². The lowest BCUT2D eigenvalue weighted by atomic mass is 10.0. The van der Waals surface area contributed by atoms with E-state index in [0.717, 1.165) is 19.0 Å². The first kappa shape index (κ1) is 20.0. The molecule has 0 radical (unpaired) electrons. The molecule has 23 heavy (non-hydrogen) atoms. The van der Waals surface area contributed by atoms with Crippen molar-refractivity contribution in [3.63, 3.8) is 0 Å². The van der Waals surface area contributed by atoms with Gasteiger partial charge < -0.3 is 10.6 Å². The van der Waals surface area contributed by atoms with Crippen LogP contribution < -0.4 is 10.6 Å². The molecule has 2 N–H and O–H groups in total. The van der Waals surface area contributed by atoms with E-state index in [-0.39, 0.29) is 24.0 Å². The third-order valence-electron chi connectivity index (χ3n) is 3.77. The minimum atomic E-state index is 0. The Hall–Kier alpha value is -1.08. The van der Waals surface area contributed by atoms with Crippen molar-refractivity contribution in [2.24, 2.45) is 4.99 Å². The topological polar surface area (TPSA) is 36.4 Å². The second-order valence-electron chi connectivity index (χ2n) is 5.56. The molecule has 0 amide bonds. The number of guanidine groups is 1. The molecule has 126 valence electrons. The summed E-state index contributed by atoms with van der Waals surface area (Å²) < 4.78 is 0. The number of benzene rings is 1. The minimum Gasteiger partial charge on any atom is -0.356 e. The molecular weight excluding hydrogens is 417 g/mol. The standard InChI is InChI=1S/C18H25N3S.HI/c1-14(16-8-5-4-6-9-16)12-20-18(19-3)21-13-15(2)17-10-7-11-22-17;/h4-11,14-15H,12-13H2,1-3H3,(H2,19,20,21);1H. The van der Waals surface area contributed by atoms with E-state index >= 15 is 0 Å². The summed E-state index contributed by atoms with van der Waals surface area (Å²) in [6.07, 6.45) is 0. The molecule has 2 unspecified atom stereocenters. The molecule has 0 saturated heterocycles. The van der Waals surface area contributed by atoms with Gasteiger partial charge in [0.1, 0.15) is 0 Å². The number of rotatable bonds is 6. The first-order chi connectivity index (χ1) is 10.7. The third kappa shape index (κ3) is 6.51. The predicted molar refractivity (Wildman–Crippen MR) is 112 cm³/mol. The van der Waals surface area contributed by atoms with E-state index in [4.69, 9.17) is 0 Å². The van der Waals surface area contributed by atoms with E-state index in [1.54, 1.807) is 11.3 Å². The van der Waals surface area contributed by atoms with Crippen LogP contribution in [0.15, 0.2) is 52.8 Å². The number of hydrogen-bond donors (Lipinski definition) is 2. The number of thiophene rings is 1. The van der Waals surface area contributed by atoms with Gasteiger partial charge in [-0.25, -0.2) is 0 Å². The zero-order chi connectivity index (χ0) is 15.8. The Morgan fingerprint density at radius 2 is 1.65 bits per heavy atom. The van der Waals surface area contributed by atoms with E-state index in [9.17, 15) is 0 Å². The lowest BCUT2D eigenvalue weighted by molar-refractivity contribution is 0.675. The first-order valence-corrected chi connectivity index (χ1v) is 8.61. The molecule has 0 aliphatic rings. The Morgan fingerprint density at radius 3 is 2.22 bits per heavy atom. The van der Waals surface area contributed by atoms with Crippen LogP contribution in [-0.4, -0.2) is 26.1 Å². The van der Waals surface area contributed by atoms with Gasteiger partial charge in [-0.05, 0) is 22.9 Å². The summed E-state index contributed by atoms with van der Waals surface area (Å²) in [5.74, 6) is 1.81. The molecule has 0 aliphatic heterocycles. The van der Waals surface area contributed by atoms with Crippen LogP contribution >= 0.6 is 35.3 Å². The lowest BCUT2D eigenvalue weighted by Gasteiger charge is -2.18. The predicted octanol–water partition coefficient (Wildman–Crippen LogP) is 4.44. The highest BCUT2D eigenvalue weighted by molar-refractivity contribution is 14.0. The van der Waals surface area contributed by atoms with Crippen LogP contribution in [0.5, 0.6) is 0 Å². The maximum atomic E-state index is 4.30. The lowest BCUT2D eigenvalue weighted by Crippen LogP contribution is -2.40. The quantitative estimate of drug-likeness (QED) is 0.394. The Morgan fingerprint density at radius 1 is 1.00 bits per heavy atom. The SMILES string of the molecule is CN=C(NCC(C)c1ccccc1)NCC(C)c1cccs1.I. The van der Waals surface area contributed by atoms with E-state index in [0.29, 0.717) is 11.8 Å². The van der Waals surface area contributed by atoms with Gasteiger partial charge in [0, 0.05) is 30.9 Å². The summed E-state index contributed by atoms with van der Waals surface area (Å²) in [7, 11) is 1.82. The zero-order valence-electron chi connectivity index (χ0n) is 14.0. The first-order valence-electron chi connectivity index (χ1n) is 7.73. The summed E-state index contributed by atoms with van der Waals surface area (Å²) in [6, 6.07) is 14.8. The highest BCUT2D eigenvalue weighted by Gasteiger charge is 2.09. The van der Waals surface area contributed by atoms with Gasteiger partial charge in [0.05, 0.1) is 0 Å². The van der Waals surface area contributed by atoms with Crippen molar-refractivity contribution in [1.82, 2.24) is 10.6 Å². The average Bonchev–Trinajstić information content (AvgIpc) is 3.10. The largest absolute Gasteiger partial charge is 0.356 e. The van der Waals surface area contributed by atoms with Gasteiger partial charge in [0.2, 0.25) is 0 Å². The molecule has 0 fully saturated rings. The van der Waals surface area contributed by atoms with Gasteiger partial charge in [-0.3, -0.25) is 4.99 Å². The smallest absolute Gasteiger partial charge is 0.191 e. The number of halogens is 1. The maximum absolute atomic E-state index is 4.30. The number of hydrogen-bond acceptors (Lipinski definition) is 2. The summed E-state index contributed by atoms with van der Waals surface area (Å²) in [5, 5.41) is 8.95. The number of aliphatic imine (C=N–C) groups is 1. The summed E-state index contributed by atoms with van der Waals surface area (Å²) >= 11 is 1.81. The maximum Gasteiger partial charge on any atom is 0.191 e. The molecular formula is C18H26IN3S. The van der Waals surface area contributed by atoms with E-state index in [1.807, 2.05) is 7.05 Å². The zero-order valence-corrected chi connectivity index (χ0v) is 17.1. The van der Waals surface area contributed by atoms with Gasteiger partial charge in [-0.15, -0.1) is 35.3 Å². The van der Waals surface area contributed by atoms with Crippen LogP contribution in [-0.2, 0) is 0 Å². The van der Waals surface area contributed by atoms with Gasteiger partial charge in [-0.2, -0.15) is 0 Å². The van der Waals surface area contributed by atoms with Gasteiger partial charge in [0.15, 0.2) is 5.96 Å². The van der Waals surface area contributed by atoms with Gasteiger partial charge in [0.25, 0.3) is 0 Å². The van der Waals surface area contributed by atoms with Crippen molar-refractivity contribution in [3.05, 3.63) is 58.3 Å². The average molecular weight is 443 g/mol. The fraction of sp³-hybridized carbons (Fsp3) is 0.389. The molecule has 1 heterocycles. The number of nitrogens with one attached hydrogen (secondary N) is 2.